The minimum atomic E-state index is -0.792. The fourth-order valence-corrected chi connectivity index (χ4v) is 4.11. The molecule has 4 rings (SSSR count). The van der Waals surface area contributed by atoms with E-state index in [0.717, 1.165) is 22.7 Å². The summed E-state index contributed by atoms with van der Waals surface area (Å²) in [6.45, 7) is -0.0408. The molecule has 1 saturated heterocycles. The van der Waals surface area contributed by atoms with Crippen molar-refractivity contribution in [3.8, 4) is 5.75 Å². The Labute approximate surface area is 207 Å². The van der Waals surface area contributed by atoms with E-state index in [1.165, 1.54) is 60.7 Å². The lowest BCUT2D eigenvalue weighted by Crippen LogP contribution is -2.27. The largest absolute Gasteiger partial charge is 0.423 e. The van der Waals surface area contributed by atoms with Gasteiger partial charge in [-0.2, -0.15) is 0 Å². The number of ether oxygens (including phenoxy) is 1. The normalized spacial score (nSPS) is 14.2. The monoisotopic (exact) mass is 505 g/mol. The minimum absolute atomic E-state index is 0.00182. The first-order valence-electron chi connectivity index (χ1n) is 10.3. The average Bonchev–Trinajstić information content (AvgIpc) is 3.12. The van der Waals surface area contributed by atoms with Crippen molar-refractivity contribution in [3.63, 3.8) is 0 Å². The fraction of sp³-hybridized carbons (Fsp3) is 0.0417. The van der Waals surface area contributed by atoms with Gasteiger partial charge in [-0.15, -0.1) is 0 Å². The molecule has 1 heterocycles. The molecule has 11 nitrogen and oxygen atoms in total. The molecule has 1 aliphatic rings. The number of esters is 1. The van der Waals surface area contributed by atoms with E-state index in [9.17, 15) is 34.6 Å². The molecule has 0 spiro atoms. The van der Waals surface area contributed by atoms with E-state index in [0.29, 0.717) is 11.1 Å². The molecule has 1 aliphatic heterocycles. The zero-order chi connectivity index (χ0) is 25.8. The number of rotatable bonds is 7. The Morgan fingerprint density at radius 2 is 1.61 bits per heavy atom. The highest BCUT2D eigenvalue weighted by Gasteiger charge is 2.35. The summed E-state index contributed by atoms with van der Waals surface area (Å²) in [4.78, 5) is 59.4. The van der Waals surface area contributed by atoms with Crippen LogP contribution in [0.1, 0.15) is 21.5 Å². The number of non-ortho nitro benzene ring substituents is 2. The zero-order valence-electron chi connectivity index (χ0n) is 18.2. The van der Waals surface area contributed by atoms with Gasteiger partial charge < -0.3 is 4.74 Å². The van der Waals surface area contributed by atoms with Gasteiger partial charge in [-0.05, 0) is 47.2 Å². The van der Waals surface area contributed by atoms with Crippen LogP contribution in [-0.4, -0.2) is 31.9 Å². The summed E-state index contributed by atoms with van der Waals surface area (Å²) >= 11 is 0.744. The number of nitro groups is 2. The van der Waals surface area contributed by atoms with Crippen molar-refractivity contribution in [1.82, 2.24) is 4.90 Å². The van der Waals surface area contributed by atoms with Crippen molar-refractivity contribution in [2.45, 2.75) is 6.54 Å². The molecule has 1 fully saturated rings. The summed E-state index contributed by atoms with van der Waals surface area (Å²) in [6.07, 6.45) is 1.48. The van der Waals surface area contributed by atoms with E-state index < -0.39 is 27.0 Å². The molecule has 180 valence electrons. The van der Waals surface area contributed by atoms with E-state index in [1.807, 2.05) is 0 Å². The number of hydrogen-bond acceptors (Lipinski definition) is 9. The number of amides is 2. The van der Waals surface area contributed by atoms with Crippen LogP contribution in [-0.2, 0) is 11.3 Å². The molecular formula is C24H15N3O8S. The van der Waals surface area contributed by atoms with Crippen LogP contribution in [0.4, 0.5) is 16.2 Å². The van der Waals surface area contributed by atoms with Crippen molar-refractivity contribution in [2.24, 2.45) is 0 Å². The summed E-state index contributed by atoms with van der Waals surface area (Å²) in [5.41, 5.74) is 0.697. The molecule has 0 N–H and O–H groups in total. The van der Waals surface area contributed by atoms with Gasteiger partial charge in [-0.1, -0.05) is 30.3 Å². The van der Waals surface area contributed by atoms with Crippen molar-refractivity contribution in [2.75, 3.05) is 0 Å². The van der Waals surface area contributed by atoms with Crippen LogP contribution >= 0.6 is 11.8 Å². The molecule has 3 aromatic carbocycles. The first-order valence-corrected chi connectivity index (χ1v) is 11.1. The molecule has 0 unspecified atom stereocenters. The van der Waals surface area contributed by atoms with E-state index in [-0.39, 0.29) is 34.1 Å². The Hall–Kier alpha value is -4.84. The van der Waals surface area contributed by atoms with Gasteiger partial charge in [0.05, 0.1) is 26.9 Å². The third-order valence-electron chi connectivity index (χ3n) is 5.02. The number of carbonyl (C=O) groups excluding carboxylic acids is 3. The van der Waals surface area contributed by atoms with Crippen LogP contribution in [0.3, 0.4) is 0 Å². The predicted octanol–water partition coefficient (Wildman–Crippen LogP) is 4.96. The Kier molecular flexibility index (Phi) is 6.88. The molecule has 3 aromatic rings. The first kappa shape index (κ1) is 24.3. The molecule has 36 heavy (non-hydrogen) atoms. The smallest absolute Gasteiger partial charge is 0.343 e. The summed E-state index contributed by atoms with van der Waals surface area (Å²) in [6, 6.07) is 16.9. The maximum Gasteiger partial charge on any atom is 0.343 e. The average molecular weight is 505 g/mol. The first-order chi connectivity index (χ1) is 17.2. The fourth-order valence-electron chi connectivity index (χ4n) is 3.27. The second-order valence-electron chi connectivity index (χ2n) is 7.46. The van der Waals surface area contributed by atoms with Gasteiger partial charge in [0.1, 0.15) is 5.75 Å². The summed E-state index contributed by atoms with van der Waals surface area (Å²) in [5, 5.41) is 21.2. The number of carbonyl (C=O) groups is 3. The van der Waals surface area contributed by atoms with E-state index in [4.69, 9.17) is 4.74 Å². The lowest BCUT2D eigenvalue weighted by Gasteiger charge is -2.12. The summed E-state index contributed by atoms with van der Waals surface area (Å²) in [7, 11) is 0. The van der Waals surface area contributed by atoms with Gasteiger partial charge in [0.25, 0.3) is 22.5 Å². The highest BCUT2D eigenvalue weighted by Crippen LogP contribution is 2.34. The predicted molar refractivity (Wildman–Crippen MR) is 129 cm³/mol. The van der Waals surface area contributed by atoms with E-state index in [2.05, 4.69) is 0 Å². The van der Waals surface area contributed by atoms with E-state index >= 15 is 0 Å². The third-order valence-corrected chi connectivity index (χ3v) is 5.93. The minimum Gasteiger partial charge on any atom is -0.423 e. The van der Waals surface area contributed by atoms with Crippen molar-refractivity contribution < 1.29 is 29.0 Å². The Morgan fingerprint density at radius 3 is 2.31 bits per heavy atom. The third kappa shape index (κ3) is 5.45. The van der Waals surface area contributed by atoms with Gasteiger partial charge in [0.15, 0.2) is 0 Å². The van der Waals surface area contributed by atoms with Gasteiger partial charge in [0, 0.05) is 24.3 Å². The Balaban J connectivity index is 1.47. The quantitative estimate of drug-likeness (QED) is 0.143. The number of thioether (sulfide) groups is 1. The zero-order valence-corrected chi connectivity index (χ0v) is 19.0. The number of nitrogens with zero attached hydrogens (tertiary/aromatic N) is 3. The molecule has 0 aliphatic carbocycles. The molecule has 0 radical (unpaired) electrons. The topological polar surface area (TPSA) is 150 Å². The number of benzene rings is 3. The second kappa shape index (κ2) is 10.2. The van der Waals surface area contributed by atoms with Crippen LogP contribution in [0.2, 0.25) is 0 Å². The van der Waals surface area contributed by atoms with Crippen LogP contribution in [0.25, 0.3) is 6.08 Å². The molecule has 12 heteroatoms. The van der Waals surface area contributed by atoms with Gasteiger partial charge in [0.2, 0.25) is 0 Å². The van der Waals surface area contributed by atoms with Gasteiger partial charge in [-0.25, -0.2) is 4.79 Å². The number of imide groups is 1. The van der Waals surface area contributed by atoms with E-state index in [1.54, 1.807) is 12.1 Å². The summed E-state index contributed by atoms with van der Waals surface area (Å²) < 4.78 is 5.31. The second-order valence-corrected chi connectivity index (χ2v) is 8.45. The van der Waals surface area contributed by atoms with Gasteiger partial charge in [-0.3, -0.25) is 34.7 Å². The molecule has 0 atom stereocenters. The van der Waals surface area contributed by atoms with Crippen LogP contribution in [0.15, 0.2) is 77.7 Å². The highest BCUT2D eigenvalue weighted by molar-refractivity contribution is 8.18. The van der Waals surface area contributed by atoms with Crippen molar-refractivity contribution in [1.29, 1.82) is 0 Å². The van der Waals surface area contributed by atoms with Crippen LogP contribution in [0, 0.1) is 20.2 Å². The number of nitro benzene ring substituents is 2. The molecule has 0 saturated carbocycles. The lowest BCUT2D eigenvalue weighted by atomic mass is 10.1. The van der Waals surface area contributed by atoms with Crippen molar-refractivity contribution in [3.05, 3.63) is 115 Å². The SMILES string of the molecule is O=C(Oc1cccc(/C=C2\SC(=O)N(Cc3ccc([N+](=O)[O-])cc3)C2=O)c1)c1cccc([N+](=O)[O-])c1. The standard InChI is InChI=1S/C24H15N3O8S/c28-22-21(36-24(30)25(22)14-15-7-9-18(10-8-15)26(31)32)12-16-3-1-6-20(11-16)35-23(29)17-4-2-5-19(13-17)27(33)34/h1-13H,14H2/b21-12-. The molecular weight excluding hydrogens is 490 g/mol. The maximum atomic E-state index is 12.8. The summed E-state index contributed by atoms with van der Waals surface area (Å²) in [5.74, 6) is -1.17. The van der Waals surface area contributed by atoms with Crippen LogP contribution < -0.4 is 4.74 Å². The number of hydrogen-bond donors (Lipinski definition) is 0. The highest BCUT2D eigenvalue weighted by atomic mass is 32.2. The molecule has 2 amide bonds. The molecule has 0 aromatic heterocycles. The van der Waals surface area contributed by atoms with Crippen molar-refractivity contribution >= 4 is 46.3 Å². The van der Waals surface area contributed by atoms with Crippen LogP contribution in [0.5, 0.6) is 5.75 Å². The lowest BCUT2D eigenvalue weighted by molar-refractivity contribution is -0.385. The van der Waals surface area contributed by atoms with Gasteiger partial charge >= 0.3 is 5.97 Å². The Bertz CT molecular complexity index is 1440. The maximum absolute atomic E-state index is 12.8. The Morgan fingerprint density at radius 1 is 0.917 bits per heavy atom. The molecule has 0 bridgehead atoms.